The Morgan fingerprint density at radius 1 is 1.04 bits per heavy atom. The highest BCUT2D eigenvalue weighted by Gasteiger charge is 2.14. The van der Waals surface area contributed by atoms with Crippen LogP contribution in [0.25, 0.3) is 0 Å². The molecule has 2 aromatic carbocycles. The van der Waals surface area contributed by atoms with E-state index in [-0.39, 0.29) is 5.91 Å². The Kier molecular flexibility index (Phi) is 6.95. The van der Waals surface area contributed by atoms with E-state index in [2.05, 4.69) is 5.32 Å². The van der Waals surface area contributed by atoms with Gasteiger partial charge in [0.2, 0.25) is 0 Å². The highest BCUT2D eigenvalue weighted by molar-refractivity contribution is 6.31. The maximum absolute atomic E-state index is 12.6. The number of methoxy groups -OCH3 is 1. The van der Waals surface area contributed by atoms with Gasteiger partial charge in [-0.1, -0.05) is 18.5 Å². The first-order valence-electron chi connectivity index (χ1n) is 8.13. The van der Waals surface area contributed by atoms with Crippen LogP contribution in [-0.4, -0.2) is 26.2 Å². The van der Waals surface area contributed by atoms with Gasteiger partial charge in [0.25, 0.3) is 5.91 Å². The minimum Gasteiger partial charge on any atom is -0.495 e. The smallest absolute Gasteiger partial charge is 0.255 e. The van der Waals surface area contributed by atoms with Crippen molar-refractivity contribution in [1.29, 1.82) is 0 Å². The van der Waals surface area contributed by atoms with E-state index in [4.69, 9.17) is 25.8 Å². The molecule has 1 N–H and O–H groups in total. The highest BCUT2D eigenvalue weighted by Crippen LogP contribution is 2.31. The number of ether oxygens (including phenoxy) is 3. The Bertz CT molecular complexity index is 733. The number of hydrogen-bond donors (Lipinski definition) is 1. The molecule has 0 saturated heterocycles. The van der Waals surface area contributed by atoms with Crippen LogP contribution in [0.4, 0.5) is 5.69 Å². The van der Waals surface area contributed by atoms with Crippen LogP contribution >= 0.6 is 11.6 Å². The van der Waals surface area contributed by atoms with Crippen LogP contribution in [0, 0.1) is 0 Å². The number of hydrogen-bond acceptors (Lipinski definition) is 4. The number of nitrogens with one attached hydrogen (secondary N) is 1. The second-order valence-electron chi connectivity index (χ2n) is 5.24. The van der Waals surface area contributed by atoms with Crippen LogP contribution in [-0.2, 0) is 0 Å². The molecule has 0 aliphatic rings. The Labute approximate surface area is 152 Å². The van der Waals surface area contributed by atoms with Crippen LogP contribution in [0.3, 0.4) is 0 Å². The topological polar surface area (TPSA) is 56.8 Å². The number of rotatable bonds is 8. The molecule has 0 atom stereocenters. The second kappa shape index (κ2) is 9.18. The van der Waals surface area contributed by atoms with Crippen molar-refractivity contribution in [3.05, 3.63) is 47.0 Å². The van der Waals surface area contributed by atoms with Crippen LogP contribution in [0.1, 0.15) is 30.6 Å². The zero-order valence-corrected chi connectivity index (χ0v) is 15.4. The predicted octanol–water partition coefficient (Wildman–Crippen LogP) is 4.79. The summed E-state index contributed by atoms with van der Waals surface area (Å²) in [5.41, 5.74) is 0.957. The molecule has 2 rings (SSSR count). The summed E-state index contributed by atoms with van der Waals surface area (Å²) in [6.45, 7) is 4.98. The van der Waals surface area contributed by atoms with Crippen molar-refractivity contribution < 1.29 is 19.0 Å². The fourth-order valence-corrected chi connectivity index (χ4v) is 2.39. The van der Waals surface area contributed by atoms with E-state index in [9.17, 15) is 4.79 Å². The van der Waals surface area contributed by atoms with Crippen LogP contribution < -0.4 is 19.5 Å². The van der Waals surface area contributed by atoms with Crippen molar-refractivity contribution in [2.75, 3.05) is 25.6 Å². The fraction of sp³-hybridized carbons (Fsp3) is 0.316. The summed E-state index contributed by atoms with van der Waals surface area (Å²) in [4.78, 5) is 12.6. The summed E-state index contributed by atoms with van der Waals surface area (Å²) in [7, 11) is 1.53. The lowest BCUT2D eigenvalue weighted by Crippen LogP contribution is -2.13. The summed E-state index contributed by atoms with van der Waals surface area (Å²) >= 11 is 6.00. The molecule has 0 bridgehead atoms. The molecule has 0 saturated carbocycles. The third-order valence-electron chi connectivity index (χ3n) is 3.38. The molecule has 0 unspecified atom stereocenters. The normalized spacial score (nSPS) is 10.2. The maximum Gasteiger partial charge on any atom is 0.255 e. The molecule has 0 fully saturated rings. The third kappa shape index (κ3) is 5.03. The van der Waals surface area contributed by atoms with E-state index in [1.165, 1.54) is 7.11 Å². The summed E-state index contributed by atoms with van der Waals surface area (Å²) in [5.74, 6) is 1.41. The van der Waals surface area contributed by atoms with Crippen LogP contribution in [0.5, 0.6) is 17.2 Å². The molecule has 2 aromatic rings. The Morgan fingerprint density at radius 2 is 1.80 bits per heavy atom. The summed E-state index contributed by atoms with van der Waals surface area (Å²) in [5, 5.41) is 3.31. The lowest BCUT2D eigenvalue weighted by molar-refractivity contribution is 0.102. The number of carbonyl (C=O) groups excluding carboxylic acids is 1. The van der Waals surface area contributed by atoms with Crippen molar-refractivity contribution in [2.24, 2.45) is 0 Å². The van der Waals surface area contributed by atoms with Gasteiger partial charge in [-0.15, -0.1) is 0 Å². The first kappa shape index (κ1) is 18.9. The molecular formula is C19H22ClNO4. The zero-order valence-electron chi connectivity index (χ0n) is 14.6. The Balaban J connectivity index is 2.24. The van der Waals surface area contributed by atoms with Gasteiger partial charge in [0.05, 0.1) is 26.0 Å². The van der Waals surface area contributed by atoms with Gasteiger partial charge < -0.3 is 19.5 Å². The molecule has 1 amide bonds. The van der Waals surface area contributed by atoms with E-state index < -0.39 is 0 Å². The number of amides is 1. The Hall–Kier alpha value is -2.40. The van der Waals surface area contributed by atoms with Gasteiger partial charge in [0.1, 0.15) is 5.75 Å². The standard InChI is InChI=1S/C19H22ClNO4/c1-4-10-25-17-8-6-13(11-18(17)24-5-2)19(22)21-15-12-14(20)7-9-16(15)23-3/h6-9,11-12H,4-5,10H2,1-3H3,(H,21,22). The maximum atomic E-state index is 12.6. The third-order valence-corrected chi connectivity index (χ3v) is 3.61. The van der Waals surface area contributed by atoms with E-state index >= 15 is 0 Å². The minimum atomic E-state index is -0.288. The van der Waals surface area contributed by atoms with Crippen molar-refractivity contribution >= 4 is 23.2 Å². The summed E-state index contributed by atoms with van der Waals surface area (Å²) in [6.07, 6.45) is 0.891. The number of anilines is 1. The van der Waals surface area contributed by atoms with Crippen LogP contribution in [0.15, 0.2) is 36.4 Å². The van der Waals surface area contributed by atoms with E-state index in [1.807, 2.05) is 13.8 Å². The first-order valence-corrected chi connectivity index (χ1v) is 8.51. The number of halogens is 1. The fourth-order valence-electron chi connectivity index (χ4n) is 2.22. The quantitative estimate of drug-likeness (QED) is 0.732. The number of carbonyl (C=O) groups is 1. The molecule has 0 radical (unpaired) electrons. The first-order chi connectivity index (χ1) is 12.1. The largest absolute Gasteiger partial charge is 0.495 e. The average molecular weight is 364 g/mol. The molecule has 0 spiro atoms. The van der Waals surface area contributed by atoms with Gasteiger partial charge in [0, 0.05) is 10.6 Å². The zero-order chi connectivity index (χ0) is 18.2. The molecule has 0 heterocycles. The van der Waals surface area contributed by atoms with Crippen molar-refractivity contribution in [3.63, 3.8) is 0 Å². The van der Waals surface area contributed by atoms with Crippen LogP contribution in [0.2, 0.25) is 5.02 Å². The van der Waals surface area contributed by atoms with Gasteiger partial charge in [0.15, 0.2) is 11.5 Å². The molecule has 134 valence electrons. The van der Waals surface area contributed by atoms with Crippen molar-refractivity contribution in [1.82, 2.24) is 0 Å². The molecule has 6 heteroatoms. The summed E-state index contributed by atoms with van der Waals surface area (Å²) in [6, 6.07) is 10.1. The van der Waals surface area contributed by atoms with E-state index in [1.54, 1.807) is 36.4 Å². The molecule has 5 nitrogen and oxygen atoms in total. The van der Waals surface area contributed by atoms with Crippen molar-refractivity contribution in [3.8, 4) is 17.2 Å². The SMILES string of the molecule is CCCOc1ccc(C(=O)Nc2cc(Cl)ccc2OC)cc1OCC. The lowest BCUT2D eigenvalue weighted by atomic mass is 10.1. The van der Waals surface area contributed by atoms with Gasteiger partial charge >= 0.3 is 0 Å². The Morgan fingerprint density at radius 3 is 2.48 bits per heavy atom. The van der Waals surface area contributed by atoms with Gasteiger partial charge in [-0.2, -0.15) is 0 Å². The highest BCUT2D eigenvalue weighted by atomic mass is 35.5. The average Bonchev–Trinajstić information content (AvgIpc) is 2.61. The molecule has 0 aliphatic carbocycles. The van der Waals surface area contributed by atoms with E-state index in [0.717, 1.165) is 6.42 Å². The van der Waals surface area contributed by atoms with E-state index in [0.29, 0.717) is 46.7 Å². The van der Waals surface area contributed by atoms with Gasteiger partial charge in [-0.05, 0) is 49.7 Å². The molecule has 0 aliphatic heterocycles. The molecule has 0 aromatic heterocycles. The molecular weight excluding hydrogens is 342 g/mol. The van der Waals surface area contributed by atoms with Gasteiger partial charge in [-0.25, -0.2) is 0 Å². The minimum absolute atomic E-state index is 0.288. The van der Waals surface area contributed by atoms with Crippen molar-refractivity contribution in [2.45, 2.75) is 20.3 Å². The monoisotopic (exact) mass is 363 g/mol. The van der Waals surface area contributed by atoms with Gasteiger partial charge in [-0.3, -0.25) is 4.79 Å². The lowest BCUT2D eigenvalue weighted by Gasteiger charge is -2.14. The second-order valence-corrected chi connectivity index (χ2v) is 5.68. The molecule has 25 heavy (non-hydrogen) atoms. The summed E-state index contributed by atoms with van der Waals surface area (Å²) < 4.78 is 16.5. The predicted molar refractivity (Wildman–Crippen MR) is 99.4 cm³/mol. The number of benzene rings is 2.